The maximum Gasteiger partial charge on any atom is 0.335 e. The second-order valence-electron chi connectivity index (χ2n) is 11.0. The number of rotatable bonds is 7. The molecular weight excluding hydrogens is 540 g/mol. The van der Waals surface area contributed by atoms with Gasteiger partial charge in [0.15, 0.2) is 6.10 Å². The molecule has 2 saturated heterocycles. The summed E-state index contributed by atoms with van der Waals surface area (Å²) in [5, 5.41) is 10.1. The van der Waals surface area contributed by atoms with Crippen LogP contribution in [0.25, 0.3) is 17.1 Å². The molecule has 3 aliphatic rings. The first-order valence-electron chi connectivity index (χ1n) is 14.2. The van der Waals surface area contributed by atoms with Crippen molar-refractivity contribution >= 4 is 34.7 Å². The van der Waals surface area contributed by atoms with Gasteiger partial charge >= 0.3 is 5.97 Å². The molecule has 0 aliphatic carbocycles. The molecule has 3 aliphatic heterocycles. The van der Waals surface area contributed by atoms with Crippen molar-refractivity contribution in [1.29, 1.82) is 0 Å². The van der Waals surface area contributed by atoms with Gasteiger partial charge in [-0.15, -0.1) is 0 Å². The lowest BCUT2D eigenvalue weighted by Crippen LogP contribution is -2.35. The molecule has 8 nitrogen and oxygen atoms in total. The van der Waals surface area contributed by atoms with Gasteiger partial charge in [0.05, 0.1) is 46.5 Å². The summed E-state index contributed by atoms with van der Waals surface area (Å²) in [6.45, 7) is 4.06. The van der Waals surface area contributed by atoms with E-state index in [1.165, 1.54) is 5.56 Å². The number of likely N-dealkylation sites (tertiary alicyclic amines) is 1. The van der Waals surface area contributed by atoms with E-state index < -0.39 is 5.97 Å². The SMILES string of the molecule is O=C(O)c1ccc2nc(CN3CCC(c4cccc5c4OC(c4ccc(Cl)cn4)C=C5)CC3)n(CC3CCO3)c2c1. The van der Waals surface area contributed by atoms with Crippen molar-refractivity contribution in [3.63, 3.8) is 0 Å². The van der Waals surface area contributed by atoms with E-state index in [0.717, 1.165) is 72.8 Å². The van der Waals surface area contributed by atoms with Gasteiger partial charge < -0.3 is 19.1 Å². The van der Waals surface area contributed by atoms with Gasteiger partial charge in [0.2, 0.25) is 0 Å². The summed E-state index contributed by atoms with van der Waals surface area (Å²) >= 11 is 6.04. The number of halogens is 1. The Bertz CT molecular complexity index is 1620. The molecule has 0 amide bonds. The zero-order valence-corrected chi connectivity index (χ0v) is 23.3. The van der Waals surface area contributed by atoms with Crippen molar-refractivity contribution in [3.8, 4) is 5.75 Å². The van der Waals surface area contributed by atoms with Gasteiger partial charge in [0.25, 0.3) is 0 Å². The Hall–Kier alpha value is -3.72. The normalized spacial score (nSPS) is 20.9. The standard InChI is InChI=1S/C32H31ClN4O4/c33-23-6-8-27(34-17-23)29-9-5-21-2-1-3-25(31(21)41-29)20-10-13-36(14-11-20)19-30-35-26-7-4-22(32(38)39)16-28(26)37(30)18-24-12-15-40-24/h1-9,16-17,20,24,29H,10-15,18-19H2,(H,38,39). The lowest BCUT2D eigenvalue weighted by molar-refractivity contribution is -0.0592. The van der Waals surface area contributed by atoms with Crippen LogP contribution in [0.5, 0.6) is 5.75 Å². The number of piperidine rings is 1. The second-order valence-corrected chi connectivity index (χ2v) is 11.5. The minimum absolute atomic E-state index is 0.149. The number of benzene rings is 2. The summed E-state index contributed by atoms with van der Waals surface area (Å²) in [5.74, 6) is 1.38. The zero-order valence-electron chi connectivity index (χ0n) is 22.6. The van der Waals surface area contributed by atoms with Crippen LogP contribution in [0.3, 0.4) is 0 Å². The molecule has 1 N–H and O–H groups in total. The molecule has 2 fully saturated rings. The number of aromatic carboxylic acids is 1. The average Bonchev–Trinajstić information content (AvgIpc) is 3.31. The van der Waals surface area contributed by atoms with E-state index in [0.29, 0.717) is 24.0 Å². The van der Waals surface area contributed by atoms with Gasteiger partial charge in [-0.2, -0.15) is 0 Å². The molecule has 41 heavy (non-hydrogen) atoms. The molecule has 0 saturated carbocycles. The van der Waals surface area contributed by atoms with Crippen LogP contribution in [0.1, 0.15) is 64.3 Å². The van der Waals surface area contributed by atoms with Crippen LogP contribution in [0.15, 0.2) is 60.8 Å². The lowest BCUT2D eigenvalue weighted by Gasteiger charge is -2.34. The van der Waals surface area contributed by atoms with Crippen LogP contribution in [0.2, 0.25) is 5.02 Å². The van der Waals surface area contributed by atoms with E-state index in [1.54, 1.807) is 18.3 Å². The Morgan fingerprint density at radius 3 is 2.68 bits per heavy atom. The fourth-order valence-corrected chi connectivity index (χ4v) is 6.21. The van der Waals surface area contributed by atoms with Gasteiger partial charge in [-0.25, -0.2) is 9.78 Å². The third-order valence-corrected chi connectivity index (χ3v) is 8.68. The number of para-hydroxylation sites is 1. The minimum Gasteiger partial charge on any atom is -0.479 e. The van der Waals surface area contributed by atoms with Crippen molar-refractivity contribution in [1.82, 2.24) is 19.4 Å². The molecule has 0 bridgehead atoms. The molecule has 9 heteroatoms. The zero-order chi connectivity index (χ0) is 27.9. The summed E-state index contributed by atoms with van der Waals surface area (Å²) < 4.78 is 14.4. The monoisotopic (exact) mass is 570 g/mol. The molecule has 0 radical (unpaired) electrons. The maximum atomic E-state index is 11.6. The molecular formula is C32H31ClN4O4. The number of ether oxygens (including phenoxy) is 2. The van der Waals surface area contributed by atoms with Crippen molar-refractivity contribution < 1.29 is 19.4 Å². The van der Waals surface area contributed by atoms with E-state index in [9.17, 15) is 9.90 Å². The number of nitrogens with zero attached hydrogens (tertiary/aromatic N) is 4. The molecule has 2 aromatic carbocycles. The Morgan fingerprint density at radius 1 is 1.10 bits per heavy atom. The number of carboxylic acid groups (broad SMARTS) is 1. The van der Waals surface area contributed by atoms with Crippen LogP contribution < -0.4 is 4.74 Å². The van der Waals surface area contributed by atoms with Crippen molar-refractivity contribution in [3.05, 3.63) is 94.0 Å². The predicted octanol–water partition coefficient (Wildman–Crippen LogP) is 6.10. The molecule has 210 valence electrons. The molecule has 2 unspecified atom stereocenters. The fraction of sp³-hybridized carbons (Fsp3) is 0.344. The number of hydrogen-bond donors (Lipinski definition) is 1. The van der Waals surface area contributed by atoms with E-state index in [-0.39, 0.29) is 17.8 Å². The van der Waals surface area contributed by atoms with E-state index in [4.69, 9.17) is 26.1 Å². The summed E-state index contributed by atoms with van der Waals surface area (Å²) in [6.07, 6.45) is 8.78. The van der Waals surface area contributed by atoms with Crippen molar-refractivity contribution in [2.24, 2.45) is 0 Å². The van der Waals surface area contributed by atoms with Gasteiger partial charge in [-0.3, -0.25) is 9.88 Å². The average molecular weight is 571 g/mol. The highest BCUT2D eigenvalue weighted by Crippen LogP contribution is 2.41. The second kappa shape index (κ2) is 10.9. The van der Waals surface area contributed by atoms with Crippen LogP contribution in [-0.4, -0.2) is 56.3 Å². The summed E-state index contributed by atoms with van der Waals surface area (Å²) in [4.78, 5) is 23.5. The van der Waals surface area contributed by atoms with Crippen LogP contribution in [0, 0.1) is 0 Å². The van der Waals surface area contributed by atoms with E-state index in [2.05, 4.69) is 38.7 Å². The minimum atomic E-state index is -0.929. The molecule has 2 atom stereocenters. The Balaban J connectivity index is 1.07. The van der Waals surface area contributed by atoms with Gasteiger partial charge in [-0.1, -0.05) is 35.9 Å². The highest BCUT2D eigenvalue weighted by molar-refractivity contribution is 6.30. The fourth-order valence-electron chi connectivity index (χ4n) is 6.10. The highest BCUT2D eigenvalue weighted by Gasteiger charge is 2.29. The molecule has 4 aromatic rings. The van der Waals surface area contributed by atoms with E-state index >= 15 is 0 Å². The predicted molar refractivity (Wildman–Crippen MR) is 156 cm³/mol. The summed E-state index contributed by atoms with van der Waals surface area (Å²) in [7, 11) is 0. The van der Waals surface area contributed by atoms with Crippen molar-refractivity contribution in [2.75, 3.05) is 19.7 Å². The van der Waals surface area contributed by atoms with Gasteiger partial charge in [0, 0.05) is 18.4 Å². The largest absolute Gasteiger partial charge is 0.479 e. The van der Waals surface area contributed by atoms with Gasteiger partial charge in [-0.05, 0) is 80.2 Å². The summed E-state index contributed by atoms with van der Waals surface area (Å²) in [5.41, 5.74) is 5.15. The smallest absolute Gasteiger partial charge is 0.335 e. The quantitative estimate of drug-likeness (QED) is 0.287. The molecule has 7 rings (SSSR count). The van der Waals surface area contributed by atoms with Crippen LogP contribution in [-0.2, 0) is 17.8 Å². The van der Waals surface area contributed by atoms with Crippen LogP contribution >= 0.6 is 11.6 Å². The number of imidazole rings is 1. The van der Waals surface area contributed by atoms with Crippen molar-refractivity contribution in [2.45, 2.75) is 50.5 Å². The highest BCUT2D eigenvalue weighted by atomic mass is 35.5. The maximum absolute atomic E-state index is 11.6. The summed E-state index contributed by atoms with van der Waals surface area (Å²) in [6, 6.07) is 15.3. The number of aromatic nitrogens is 3. The lowest BCUT2D eigenvalue weighted by atomic mass is 9.87. The molecule has 2 aromatic heterocycles. The first-order chi connectivity index (χ1) is 20.0. The number of carbonyl (C=O) groups is 1. The third-order valence-electron chi connectivity index (χ3n) is 8.46. The third kappa shape index (κ3) is 5.23. The number of fused-ring (bicyclic) bond motifs is 2. The Labute approximate surface area is 243 Å². The van der Waals surface area contributed by atoms with E-state index in [1.807, 2.05) is 24.3 Å². The first kappa shape index (κ1) is 26.2. The van der Waals surface area contributed by atoms with Gasteiger partial charge in [0.1, 0.15) is 11.6 Å². The van der Waals surface area contributed by atoms with Crippen LogP contribution in [0.4, 0.5) is 0 Å². The number of pyridine rings is 1. The Kier molecular flexibility index (Phi) is 6.98. The topological polar surface area (TPSA) is 89.7 Å². The first-order valence-corrected chi connectivity index (χ1v) is 14.6. The molecule has 5 heterocycles. The molecule has 0 spiro atoms. The number of carboxylic acids is 1. The Morgan fingerprint density at radius 2 is 1.95 bits per heavy atom. The number of hydrogen-bond acceptors (Lipinski definition) is 6.